The van der Waals surface area contributed by atoms with Crippen LogP contribution < -0.4 is 30.9 Å². The first-order valence-corrected chi connectivity index (χ1v) is 50.3. The lowest BCUT2D eigenvalue weighted by molar-refractivity contribution is -0.145. The normalized spacial score (nSPS) is 12.1. The molecule has 0 radical (unpaired) electrons. The number of ether oxygens (including phenoxy) is 8. The molecule has 6 aromatic carbocycles. The number of nitrogens with one attached hydrogen (secondary N) is 1. The van der Waals surface area contributed by atoms with Crippen LogP contribution in [0.1, 0.15) is 57.3 Å². The smallest absolute Gasteiger partial charge is 0.356 e. The van der Waals surface area contributed by atoms with Crippen molar-refractivity contribution in [3.63, 3.8) is 0 Å². The number of likely N-dealkylation sites (N-methyl/N-ethyl adjacent to an activating group) is 1. The van der Waals surface area contributed by atoms with Crippen LogP contribution in [0.5, 0.6) is 17.2 Å². The minimum atomic E-state index is -2.71. The quantitative estimate of drug-likeness (QED) is 0.0125. The second-order valence-corrected chi connectivity index (χ2v) is 49.5. The Morgan fingerprint density at radius 1 is 0.496 bits per heavy atom. The zero-order chi connectivity index (χ0) is 89.4. The number of rotatable bonds is 36. The van der Waals surface area contributed by atoms with E-state index in [0.717, 1.165) is 27.5 Å². The summed E-state index contributed by atoms with van der Waals surface area (Å²) in [5.41, 5.74) is 3.31. The summed E-state index contributed by atoms with van der Waals surface area (Å²) in [7, 11) is 1.95. The fraction of sp³-hybridized carbons (Fsp3) is 0.388. The molecule has 0 amide bonds. The summed E-state index contributed by atoms with van der Waals surface area (Å²) in [5.74, 6) is 0.191. The number of methoxy groups -OCH3 is 2. The van der Waals surface area contributed by atoms with Crippen LogP contribution in [-0.2, 0) is 72.7 Å². The van der Waals surface area contributed by atoms with Crippen LogP contribution in [0.15, 0.2) is 130 Å². The standard InChI is InChI=1S/C31H38F2N6O5Si.C29H31F2N5O5Si.C25H27F2N5O3Si/c1-37(2)17-26(31(41)42-3)39-30(40)22-10-8-7-9-21(22)23(36-39)15-29-35-24-14-27(44-18-28(32)33)20(16-34)13-25(24)38(29)19-43-11-12-45(4,5)6;1-18(29(38)39-2)36-28(37)21-9-7-6-8-20(21)22(34-36)14-27-33-23-13-25(41-16-26(30)31)19(15-32)12-24(23)35(27)17-40-10-11-42(3,4)5;1-36(2,3)9-8-34-15-32-21-10-16(13-28)22(35-14-23(26)27)11-20(21)29-24(32)12-19-17-6-4-5-7-18(17)25(33)31-30-19/h7-10,13-14,26,28H,11-12,15,17-19H2,1-6H3;6-9,12-13,26H,1,10-11,14,16-17H2,2-5H3;4-7,10-11,23H,8-9,12,14-15H2,1-3H3,(H,31,33). The third-order valence-electron chi connectivity index (χ3n) is 19.4. The molecular weight excluding hydrogens is 1650 g/mol. The summed E-state index contributed by atoms with van der Waals surface area (Å²) in [6.07, 6.45) is -7.60. The monoisotopic (exact) mass is 1750 g/mol. The van der Waals surface area contributed by atoms with Crippen molar-refractivity contribution in [2.45, 2.75) is 142 Å². The highest BCUT2D eigenvalue weighted by Gasteiger charge is 2.30. The number of hydrogen-bond donors (Lipinski definition) is 1. The number of nitrogens with zero attached hydrogens (tertiary/aromatic N) is 15. The number of nitriles is 3. The Kier molecular flexibility index (Phi) is 31.1. The summed E-state index contributed by atoms with van der Waals surface area (Å²) >= 11 is 0. The first-order chi connectivity index (χ1) is 58.4. The number of carbonyl (C=O) groups excluding carboxylic acids is 2. The van der Waals surface area contributed by atoms with E-state index in [1.165, 1.54) is 38.5 Å². The Morgan fingerprint density at radius 3 is 1.20 bits per heavy atom. The van der Waals surface area contributed by atoms with Crippen LogP contribution in [0.4, 0.5) is 26.3 Å². The van der Waals surface area contributed by atoms with Gasteiger partial charge in [0.2, 0.25) is 0 Å². The molecule has 1 N–H and O–H groups in total. The highest BCUT2D eigenvalue weighted by Crippen LogP contribution is 2.34. The molecule has 0 saturated carbocycles. The maximum absolute atomic E-state index is 13.6. The molecule has 12 aromatic rings. The van der Waals surface area contributed by atoms with Crippen LogP contribution in [0.25, 0.3) is 71.1 Å². The number of aromatic amines is 1. The summed E-state index contributed by atoms with van der Waals surface area (Å²) in [6, 6.07) is 37.9. The van der Waals surface area contributed by atoms with E-state index < -0.39 is 92.4 Å². The van der Waals surface area contributed by atoms with Gasteiger partial charge in [-0.3, -0.25) is 14.4 Å². The first-order valence-electron chi connectivity index (χ1n) is 39.2. The van der Waals surface area contributed by atoms with Crippen LogP contribution in [-0.4, -0.2) is 193 Å². The van der Waals surface area contributed by atoms with Crippen LogP contribution >= 0.6 is 0 Å². The summed E-state index contributed by atoms with van der Waals surface area (Å²) in [6.45, 7) is 23.6. The number of alkyl halides is 6. The largest absolute Gasteiger partial charge is 0.486 e. The van der Waals surface area contributed by atoms with Gasteiger partial charge in [-0.15, -0.1) is 0 Å². The number of H-pyrrole nitrogens is 1. The summed E-state index contributed by atoms with van der Waals surface area (Å²) < 4.78 is 128. The van der Waals surface area contributed by atoms with Gasteiger partial charge < -0.3 is 56.5 Å². The molecule has 0 bridgehead atoms. The molecule has 0 spiro atoms. The molecule has 1 unspecified atom stereocenters. The molecular formula is C85H96F6N16O13Si3. The first kappa shape index (κ1) is 93.0. The second kappa shape index (κ2) is 41.1. The number of carbonyl (C=O) groups is 2. The molecule has 0 aliphatic heterocycles. The molecule has 6 aromatic heterocycles. The van der Waals surface area contributed by atoms with Gasteiger partial charge >= 0.3 is 11.9 Å². The summed E-state index contributed by atoms with van der Waals surface area (Å²) in [4.78, 5) is 80.0. The topological polar surface area (TPSA) is 352 Å². The van der Waals surface area contributed by atoms with Gasteiger partial charge in [-0.25, -0.2) is 60.7 Å². The highest BCUT2D eigenvalue weighted by molar-refractivity contribution is 6.76. The number of fused-ring (bicyclic) bond motifs is 6. The van der Waals surface area contributed by atoms with Gasteiger partial charge in [-0.1, -0.05) is 120 Å². The van der Waals surface area contributed by atoms with Gasteiger partial charge in [0.1, 0.15) is 98.6 Å². The van der Waals surface area contributed by atoms with Crippen molar-refractivity contribution in [2.75, 3.05) is 74.5 Å². The van der Waals surface area contributed by atoms with Crippen molar-refractivity contribution in [1.29, 1.82) is 15.8 Å². The van der Waals surface area contributed by atoms with E-state index in [4.69, 9.17) is 52.8 Å². The van der Waals surface area contributed by atoms with Crippen molar-refractivity contribution < 1.29 is 73.8 Å². The van der Waals surface area contributed by atoms with E-state index in [9.17, 15) is 66.1 Å². The van der Waals surface area contributed by atoms with Gasteiger partial charge in [-0.05, 0) is 68.6 Å². The number of aromatic nitrogens is 12. The lowest BCUT2D eigenvalue weighted by Crippen LogP contribution is -2.39. The van der Waals surface area contributed by atoms with Crippen molar-refractivity contribution in [1.82, 2.24) is 63.3 Å². The second-order valence-electron chi connectivity index (χ2n) is 32.6. The van der Waals surface area contributed by atoms with Gasteiger partial charge in [0.25, 0.3) is 36.0 Å². The van der Waals surface area contributed by atoms with Crippen molar-refractivity contribution >= 4 is 107 Å². The van der Waals surface area contributed by atoms with Gasteiger partial charge in [-0.2, -0.15) is 35.8 Å². The van der Waals surface area contributed by atoms with Crippen LogP contribution in [0.2, 0.25) is 77.1 Å². The van der Waals surface area contributed by atoms with E-state index >= 15 is 0 Å². The maximum atomic E-state index is 13.6. The van der Waals surface area contributed by atoms with E-state index in [-0.39, 0.29) is 91.2 Å². The SMILES string of the molecule is C=C(C(=O)OC)n1nc(Cc2nc3cc(OCC(F)F)c(C#N)cc3n2COCC[Si](C)(C)C)c2ccccc2c1=O.COC(=O)C(CN(C)C)n1nc(Cc2nc3cc(OCC(F)F)c(C#N)cc3n2COCC[Si](C)(C)C)c2ccccc2c1=O.C[Si](C)(C)CCOCn1c(Cc2n[nH]c(=O)c3ccccc23)nc2cc(OCC(F)F)c(C#N)cc21. The lowest BCUT2D eigenvalue weighted by Gasteiger charge is -2.21. The van der Waals surface area contributed by atoms with Crippen molar-refractivity contribution in [3.05, 3.63) is 198 Å². The average molecular weight is 1750 g/mol. The Labute approximate surface area is 706 Å². The number of esters is 2. The Balaban J connectivity index is 0.000000194. The van der Waals surface area contributed by atoms with Crippen molar-refractivity contribution in [2.24, 2.45) is 0 Å². The number of benzene rings is 6. The minimum Gasteiger partial charge on any atom is -0.486 e. The molecule has 123 heavy (non-hydrogen) atoms. The number of imidazole rings is 3. The fourth-order valence-electron chi connectivity index (χ4n) is 13.0. The van der Waals surface area contributed by atoms with Gasteiger partial charge in [0.15, 0.2) is 6.04 Å². The summed E-state index contributed by atoms with van der Waals surface area (Å²) in [5, 5.41) is 48.1. The van der Waals surface area contributed by atoms with E-state index in [1.807, 2.05) is 34.9 Å². The molecule has 0 saturated heterocycles. The van der Waals surface area contributed by atoms with E-state index in [0.29, 0.717) is 120 Å². The molecule has 12 rings (SSSR count). The number of hydrogen-bond acceptors (Lipinski definition) is 23. The molecule has 648 valence electrons. The third-order valence-corrected chi connectivity index (χ3v) is 24.5. The maximum Gasteiger partial charge on any atom is 0.356 e. The zero-order valence-electron chi connectivity index (χ0n) is 70.5. The predicted octanol–water partition coefficient (Wildman–Crippen LogP) is 13.9. The average Bonchev–Trinajstić information content (AvgIpc) is 1.76. The predicted molar refractivity (Wildman–Crippen MR) is 460 cm³/mol. The Bertz CT molecular complexity index is 6190. The molecule has 38 heteroatoms. The highest BCUT2D eigenvalue weighted by atomic mass is 28.3. The Morgan fingerprint density at radius 2 is 0.846 bits per heavy atom. The molecule has 29 nitrogen and oxygen atoms in total. The van der Waals surface area contributed by atoms with Gasteiger partial charge in [0, 0.05) is 84.9 Å². The van der Waals surface area contributed by atoms with E-state index in [2.05, 4.69) is 85.9 Å². The van der Waals surface area contributed by atoms with Crippen LogP contribution in [0, 0.1) is 34.0 Å². The lowest BCUT2D eigenvalue weighted by atomic mass is 10.1. The molecule has 0 aliphatic rings. The molecule has 0 fully saturated rings. The molecule has 6 heterocycles. The minimum absolute atomic E-state index is 0.00267. The van der Waals surface area contributed by atoms with Gasteiger partial charge in [0.05, 0.1) is 117 Å². The Hall–Kier alpha value is -12.2. The van der Waals surface area contributed by atoms with Crippen LogP contribution in [0.3, 0.4) is 0 Å². The molecule has 1 atom stereocenters. The fourth-order valence-corrected chi connectivity index (χ4v) is 15.3. The van der Waals surface area contributed by atoms with Crippen molar-refractivity contribution in [3.8, 4) is 35.5 Å². The third kappa shape index (κ3) is 23.9. The number of halogens is 6. The molecule has 0 aliphatic carbocycles. The zero-order valence-corrected chi connectivity index (χ0v) is 73.5. The van der Waals surface area contributed by atoms with E-state index in [1.54, 1.807) is 101 Å².